The van der Waals surface area contributed by atoms with Gasteiger partial charge in [-0.1, -0.05) is 12.8 Å². The quantitative estimate of drug-likeness (QED) is 0.860. The summed E-state index contributed by atoms with van der Waals surface area (Å²) in [5, 5.41) is 0.970. The molecule has 0 amide bonds. The van der Waals surface area contributed by atoms with Crippen LogP contribution in [0.4, 0.5) is 11.6 Å². The molecule has 0 radical (unpaired) electrons. The molecule has 2 atom stereocenters. The summed E-state index contributed by atoms with van der Waals surface area (Å²) in [6, 6.07) is 4.21. The van der Waals surface area contributed by atoms with Crippen molar-refractivity contribution in [2.45, 2.75) is 37.8 Å². The Morgan fingerprint density at radius 1 is 1.19 bits per heavy atom. The molecule has 2 N–H and O–H groups in total. The van der Waals surface area contributed by atoms with Crippen molar-refractivity contribution in [2.75, 3.05) is 23.8 Å². The predicted molar refractivity (Wildman–Crippen MR) is 81.1 cm³/mol. The number of pyridine rings is 1. The molecule has 0 unspecified atom stereocenters. The average molecular weight is 285 g/mol. The molecule has 3 heterocycles. The molecule has 2 aromatic heterocycles. The summed E-state index contributed by atoms with van der Waals surface area (Å²) in [7, 11) is 0. The van der Waals surface area contributed by atoms with Crippen molar-refractivity contribution in [3.63, 3.8) is 0 Å². The molecule has 110 valence electrons. The Hall–Kier alpha value is -1.95. The van der Waals surface area contributed by atoms with Gasteiger partial charge in [-0.3, -0.25) is 0 Å². The van der Waals surface area contributed by atoms with E-state index in [0.717, 1.165) is 30.8 Å². The number of nitrogens with two attached hydrogens (primary N) is 1. The molecule has 6 nitrogen and oxygen atoms in total. The summed E-state index contributed by atoms with van der Waals surface area (Å²) >= 11 is 0. The van der Waals surface area contributed by atoms with Crippen molar-refractivity contribution in [3.05, 3.63) is 18.5 Å². The second-order valence-electron chi connectivity index (χ2n) is 5.76. The summed E-state index contributed by atoms with van der Waals surface area (Å²) in [5.74, 6) is 1.46. The molecule has 4 rings (SSSR count). The van der Waals surface area contributed by atoms with E-state index in [0.29, 0.717) is 23.6 Å². The summed E-state index contributed by atoms with van der Waals surface area (Å²) in [6.45, 7) is 1.63. The van der Waals surface area contributed by atoms with Gasteiger partial charge in [0, 0.05) is 6.54 Å². The Bertz CT molecular complexity index is 660. The van der Waals surface area contributed by atoms with E-state index in [2.05, 4.69) is 19.9 Å². The third-order valence-corrected chi connectivity index (χ3v) is 4.50. The van der Waals surface area contributed by atoms with Gasteiger partial charge in [-0.25, -0.2) is 15.0 Å². The molecule has 1 saturated heterocycles. The fourth-order valence-electron chi connectivity index (χ4n) is 3.53. The largest absolute Gasteiger partial charge is 0.384 e. The summed E-state index contributed by atoms with van der Waals surface area (Å²) in [6.07, 6.45) is 6.75. The van der Waals surface area contributed by atoms with E-state index in [1.54, 1.807) is 6.33 Å². The lowest BCUT2D eigenvalue weighted by Gasteiger charge is -2.44. The van der Waals surface area contributed by atoms with Gasteiger partial charge in [0.05, 0.1) is 24.1 Å². The molecule has 1 aliphatic carbocycles. The van der Waals surface area contributed by atoms with E-state index in [1.807, 2.05) is 12.1 Å². The van der Waals surface area contributed by atoms with E-state index in [9.17, 15) is 0 Å². The first-order valence-corrected chi connectivity index (χ1v) is 7.58. The zero-order chi connectivity index (χ0) is 14.2. The van der Waals surface area contributed by atoms with Gasteiger partial charge in [0.2, 0.25) is 0 Å². The van der Waals surface area contributed by atoms with Crippen LogP contribution in [0.3, 0.4) is 0 Å². The highest BCUT2D eigenvalue weighted by Gasteiger charge is 2.35. The highest BCUT2D eigenvalue weighted by Crippen LogP contribution is 2.33. The molecule has 1 saturated carbocycles. The van der Waals surface area contributed by atoms with Crippen LogP contribution in [0.1, 0.15) is 25.7 Å². The Labute approximate surface area is 123 Å². The monoisotopic (exact) mass is 285 g/mol. The number of ether oxygens (including phenoxy) is 1. The third-order valence-electron chi connectivity index (χ3n) is 4.50. The minimum atomic E-state index is 0.333. The number of hydrogen-bond donors (Lipinski definition) is 1. The van der Waals surface area contributed by atoms with Gasteiger partial charge in [-0.2, -0.15) is 0 Å². The number of nitrogens with zero attached hydrogens (tertiary/aromatic N) is 4. The smallest absolute Gasteiger partial charge is 0.166 e. The van der Waals surface area contributed by atoms with Crippen molar-refractivity contribution >= 4 is 22.7 Å². The minimum Gasteiger partial charge on any atom is -0.384 e. The molecule has 6 heteroatoms. The van der Waals surface area contributed by atoms with Crippen molar-refractivity contribution in [1.29, 1.82) is 0 Å². The first-order valence-electron chi connectivity index (χ1n) is 7.58. The van der Waals surface area contributed by atoms with Crippen LogP contribution in [0.5, 0.6) is 0 Å². The van der Waals surface area contributed by atoms with Gasteiger partial charge in [0.15, 0.2) is 5.65 Å². The SMILES string of the molecule is Nc1ccc2c(N3CCO[C@H]4CCCC[C@H]43)ncnc2n1. The summed E-state index contributed by atoms with van der Waals surface area (Å²) < 4.78 is 5.94. The number of anilines is 2. The van der Waals surface area contributed by atoms with Crippen LogP contribution in [0.2, 0.25) is 0 Å². The second kappa shape index (κ2) is 5.11. The van der Waals surface area contributed by atoms with Crippen LogP contribution < -0.4 is 10.6 Å². The fourth-order valence-corrected chi connectivity index (χ4v) is 3.53. The maximum absolute atomic E-state index is 5.94. The fraction of sp³-hybridized carbons (Fsp3) is 0.533. The first kappa shape index (κ1) is 12.8. The van der Waals surface area contributed by atoms with Crippen LogP contribution in [0, 0.1) is 0 Å². The van der Waals surface area contributed by atoms with E-state index in [1.165, 1.54) is 19.3 Å². The molecule has 0 bridgehead atoms. The highest BCUT2D eigenvalue weighted by atomic mass is 16.5. The third kappa shape index (κ3) is 2.19. The molecular formula is C15H19N5O. The lowest BCUT2D eigenvalue weighted by Crippen LogP contribution is -2.53. The summed E-state index contributed by atoms with van der Waals surface area (Å²) in [4.78, 5) is 15.5. The van der Waals surface area contributed by atoms with E-state index >= 15 is 0 Å². The molecule has 0 spiro atoms. The molecule has 1 aliphatic heterocycles. The van der Waals surface area contributed by atoms with Crippen LogP contribution >= 0.6 is 0 Å². The van der Waals surface area contributed by atoms with E-state index in [4.69, 9.17) is 10.5 Å². The van der Waals surface area contributed by atoms with Gasteiger partial charge in [0.25, 0.3) is 0 Å². The minimum absolute atomic E-state index is 0.333. The summed E-state index contributed by atoms with van der Waals surface area (Å²) in [5.41, 5.74) is 6.42. The number of nitrogen functional groups attached to an aromatic ring is 1. The lowest BCUT2D eigenvalue weighted by molar-refractivity contribution is -0.00887. The van der Waals surface area contributed by atoms with Crippen molar-refractivity contribution in [2.24, 2.45) is 0 Å². The molecular weight excluding hydrogens is 266 g/mol. The molecule has 2 aliphatic rings. The standard InChI is InChI=1S/C15H19N5O/c16-13-6-5-10-14(19-13)17-9-18-15(10)20-7-8-21-12-4-2-1-3-11(12)20/h5-6,9,11-12H,1-4,7-8H2,(H2,16,17,18,19)/t11-,12+/m1/s1. The number of hydrogen-bond acceptors (Lipinski definition) is 6. The molecule has 0 aromatic carbocycles. The Kier molecular flexibility index (Phi) is 3.11. The van der Waals surface area contributed by atoms with Gasteiger partial charge in [-0.05, 0) is 25.0 Å². The van der Waals surface area contributed by atoms with Crippen LogP contribution in [0.25, 0.3) is 11.0 Å². The number of morpholine rings is 1. The van der Waals surface area contributed by atoms with Crippen LogP contribution in [-0.4, -0.2) is 40.2 Å². The van der Waals surface area contributed by atoms with E-state index < -0.39 is 0 Å². The van der Waals surface area contributed by atoms with Gasteiger partial charge in [-0.15, -0.1) is 0 Å². The Balaban J connectivity index is 1.78. The molecule has 2 aromatic rings. The maximum Gasteiger partial charge on any atom is 0.166 e. The zero-order valence-electron chi connectivity index (χ0n) is 11.9. The molecule has 21 heavy (non-hydrogen) atoms. The number of fused-ring (bicyclic) bond motifs is 2. The Morgan fingerprint density at radius 3 is 3.05 bits per heavy atom. The highest BCUT2D eigenvalue weighted by molar-refractivity contribution is 5.87. The first-order chi connectivity index (χ1) is 10.3. The van der Waals surface area contributed by atoms with Gasteiger partial charge >= 0.3 is 0 Å². The number of aromatic nitrogens is 3. The van der Waals surface area contributed by atoms with Crippen molar-refractivity contribution in [1.82, 2.24) is 15.0 Å². The van der Waals surface area contributed by atoms with E-state index in [-0.39, 0.29) is 0 Å². The predicted octanol–water partition coefficient (Wildman–Crippen LogP) is 1.75. The normalized spacial score (nSPS) is 25.8. The van der Waals surface area contributed by atoms with Crippen LogP contribution in [-0.2, 0) is 4.74 Å². The zero-order valence-corrected chi connectivity index (χ0v) is 11.9. The maximum atomic E-state index is 5.94. The van der Waals surface area contributed by atoms with Gasteiger partial charge < -0.3 is 15.4 Å². The van der Waals surface area contributed by atoms with Gasteiger partial charge in [0.1, 0.15) is 18.0 Å². The lowest BCUT2D eigenvalue weighted by atomic mass is 9.90. The molecule has 2 fully saturated rings. The van der Waals surface area contributed by atoms with Crippen molar-refractivity contribution in [3.8, 4) is 0 Å². The second-order valence-corrected chi connectivity index (χ2v) is 5.76. The van der Waals surface area contributed by atoms with Crippen molar-refractivity contribution < 1.29 is 4.74 Å². The number of rotatable bonds is 1. The average Bonchev–Trinajstić information content (AvgIpc) is 2.53. The Morgan fingerprint density at radius 2 is 2.10 bits per heavy atom. The van der Waals surface area contributed by atoms with Crippen LogP contribution in [0.15, 0.2) is 18.5 Å². The topological polar surface area (TPSA) is 77.2 Å².